The largest absolute Gasteiger partial charge is 0.381 e. The molecule has 18 heavy (non-hydrogen) atoms. The maximum absolute atomic E-state index is 3.70. The molecule has 0 aromatic heterocycles. The minimum Gasteiger partial charge on any atom is -0.381 e. The quantitative estimate of drug-likeness (QED) is 0.793. The monoisotopic (exact) mass is 305 g/mol. The van der Waals surface area contributed by atoms with Gasteiger partial charge in [0.1, 0.15) is 0 Å². The van der Waals surface area contributed by atoms with Gasteiger partial charge >= 0.3 is 0 Å². The highest BCUT2D eigenvalue weighted by molar-refractivity contribution is 9.10. The second-order valence-electron chi connectivity index (χ2n) is 5.86. The number of hydrogen-bond acceptors (Lipinski definition) is 1. The fourth-order valence-electron chi connectivity index (χ4n) is 3.50. The van der Waals surface area contributed by atoms with Crippen LogP contribution >= 0.6 is 15.9 Å². The van der Waals surface area contributed by atoms with Gasteiger partial charge in [-0.25, -0.2) is 0 Å². The summed E-state index contributed by atoms with van der Waals surface area (Å²) in [5.74, 6) is 2.46. The van der Waals surface area contributed by atoms with Crippen LogP contribution in [0.25, 0.3) is 0 Å². The van der Waals surface area contributed by atoms with Crippen molar-refractivity contribution in [1.82, 2.24) is 0 Å². The van der Waals surface area contributed by atoms with Gasteiger partial charge in [-0.2, -0.15) is 0 Å². The van der Waals surface area contributed by atoms with E-state index in [1.807, 2.05) is 0 Å². The fourth-order valence-corrected chi connectivity index (χ4v) is 3.86. The fraction of sp³-hybridized carbons (Fsp3) is 0.500. The Morgan fingerprint density at radius 2 is 2.11 bits per heavy atom. The molecule has 1 nitrogen and oxygen atoms in total. The van der Waals surface area contributed by atoms with E-state index < -0.39 is 0 Å². The predicted octanol–water partition coefficient (Wildman–Crippen LogP) is 4.77. The summed E-state index contributed by atoms with van der Waals surface area (Å²) in [6.45, 7) is 4.47. The Morgan fingerprint density at radius 3 is 2.78 bits per heavy atom. The number of rotatable bonds is 3. The van der Waals surface area contributed by atoms with Crippen LogP contribution in [0.3, 0.4) is 0 Å². The van der Waals surface area contributed by atoms with E-state index >= 15 is 0 Å². The Bertz CT molecular complexity index is 480. The molecule has 0 aliphatic heterocycles. The van der Waals surface area contributed by atoms with E-state index in [1.54, 1.807) is 0 Å². The van der Waals surface area contributed by atoms with Crippen LogP contribution in [0, 0.1) is 24.7 Å². The molecule has 2 aliphatic carbocycles. The van der Waals surface area contributed by atoms with E-state index in [2.05, 4.69) is 65.4 Å². The van der Waals surface area contributed by atoms with Crippen LogP contribution in [0.4, 0.5) is 5.69 Å². The van der Waals surface area contributed by atoms with Crippen molar-refractivity contribution in [3.05, 3.63) is 40.4 Å². The Balaban J connectivity index is 1.72. The van der Waals surface area contributed by atoms with Crippen LogP contribution in [0.1, 0.15) is 25.3 Å². The SMILES string of the molecule is Cc1ccc(Br)c(NC(C)C2CC3C=CC2C3)c1. The van der Waals surface area contributed by atoms with Crippen molar-refractivity contribution < 1.29 is 0 Å². The molecular weight excluding hydrogens is 286 g/mol. The zero-order valence-electron chi connectivity index (χ0n) is 11.0. The minimum atomic E-state index is 0.544. The molecule has 1 N–H and O–H groups in total. The average Bonchev–Trinajstić information content (AvgIpc) is 2.96. The van der Waals surface area contributed by atoms with Gasteiger partial charge in [-0.05, 0) is 78.1 Å². The van der Waals surface area contributed by atoms with Gasteiger partial charge in [-0.1, -0.05) is 18.2 Å². The van der Waals surface area contributed by atoms with Gasteiger partial charge in [0.25, 0.3) is 0 Å². The summed E-state index contributed by atoms with van der Waals surface area (Å²) in [7, 11) is 0. The van der Waals surface area contributed by atoms with Gasteiger partial charge < -0.3 is 5.32 Å². The summed E-state index contributed by atoms with van der Waals surface area (Å²) in [6.07, 6.45) is 7.59. The lowest BCUT2D eigenvalue weighted by Crippen LogP contribution is -2.29. The molecule has 3 rings (SSSR count). The van der Waals surface area contributed by atoms with Gasteiger partial charge in [-0.15, -0.1) is 0 Å². The second-order valence-corrected chi connectivity index (χ2v) is 6.71. The van der Waals surface area contributed by atoms with Gasteiger partial charge in [0.05, 0.1) is 0 Å². The van der Waals surface area contributed by atoms with Crippen molar-refractivity contribution in [2.45, 2.75) is 32.7 Å². The van der Waals surface area contributed by atoms with Crippen molar-refractivity contribution in [3.8, 4) is 0 Å². The summed E-state index contributed by atoms with van der Waals surface area (Å²) in [6, 6.07) is 7.04. The molecule has 2 aliphatic rings. The van der Waals surface area contributed by atoms with Gasteiger partial charge in [0.15, 0.2) is 0 Å². The first kappa shape index (κ1) is 12.3. The van der Waals surface area contributed by atoms with Crippen LogP contribution in [0.5, 0.6) is 0 Å². The Morgan fingerprint density at radius 1 is 1.28 bits per heavy atom. The van der Waals surface area contributed by atoms with E-state index in [4.69, 9.17) is 0 Å². The molecule has 0 spiro atoms. The highest BCUT2D eigenvalue weighted by atomic mass is 79.9. The third-order valence-corrected chi connectivity index (χ3v) is 5.17. The number of allylic oxidation sites excluding steroid dienone is 2. The molecule has 1 aromatic carbocycles. The number of fused-ring (bicyclic) bond motifs is 2. The molecule has 2 heteroatoms. The minimum absolute atomic E-state index is 0.544. The van der Waals surface area contributed by atoms with Crippen LogP contribution in [-0.4, -0.2) is 6.04 Å². The first-order chi connectivity index (χ1) is 8.63. The maximum atomic E-state index is 3.70. The number of benzene rings is 1. The number of nitrogens with one attached hydrogen (secondary N) is 1. The van der Waals surface area contributed by atoms with Crippen molar-refractivity contribution in [3.63, 3.8) is 0 Å². The lowest BCUT2D eigenvalue weighted by atomic mass is 9.87. The first-order valence-corrected chi connectivity index (χ1v) is 7.64. The van der Waals surface area contributed by atoms with Crippen molar-refractivity contribution in [2.75, 3.05) is 5.32 Å². The molecule has 0 heterocycles. The summed E-state index contributed by atoms with van der Waals surface area (Å²) in [5.41, 5.74) is 2.54. The molecule has 1 saturated carbocycles. The van der Waals surface area contributed by atoms with Crippen LogP contribution in [0.2, 0.25) is 0 Å². The molecule has 0 radical (unpaired) electrons. The van der Waals surface area contributed by atoms with Crippen molar-refractivity contribution >= 4 is 21.6 Å². The topological polar surface area (TPSA) is 12.0 Å². The predicted molar refractivity (Wildman–Crippen MR) is 80.8 cm³/mol. The van der Waals surface area contributed by atoms with E-state index in [-0.39, 0.29) is 0 Å². The Labute approximate surface area is 118 Å². The van der Waals surface area contributed by atoms with Crippen molar-refractivity contribution in [1.29, 1.82) is 0 Å². The van der Waals surface area contributed by atoms with Gasteiger partial charge in [-0.3, -0.25) is 0 Å². The Kier molecular flexibility index (Phi) is 3.23. The normalized spacial score (nSPS) is 30.7. The highest BCUT2D eigenvalue weighted by Gasteiger charge is 2.38. The average molecular weight is 306 g/mol. The van der Waals surface area contributed by atoms with Gasteiger partial charge in [0, 0.05) is 16.2 Å². The number of anilines is 1. The molecule has 4 unspecified atom stereocenters. The smallest absolute Gasteiger partial charge is 0.0489 e. The second kappa shape index (κ2) is 4.73. The standard InChI is InChI=1S/C16H20BrN/c1-10-3-6-15(17)16(7-10)18-11(2)14-9-12-4-5-13(14)8-12/h3-7,11-14,18H,8-9H2,1-2H3. The molecule has 2 bridgehead atoms. The van der Waals surface area contributed by atoms with Crippen molar-refractivity contribution in [2.24, 2.45) is 17.8 Å². The molecule has 0 amide bonds. The first-order valence-electron chi connectivity index (χ1n) is 6.84. The zero-order chi connectivity index (χ0) is 12.7. The lowest BCUT2D eigenvalue weighted by Gasteiger charge is -2.27. The molecule has 1 aromatic rings. The van der Waals surface area contributed by atoms with E-state index in [0.29, 0.717) is 6.04 Å². The third-order valence-electron chi connectivity index (χ3n) is 4.48. The van der Waals surface area contributed by atoms with E-state index in [0.717, 1.165) is 17.8 Å². The van der Waals surface area contributed by atoms with E-state index in [1.165, 1.54) is 28.6 Å². The molecular formula is C16H20BrN. The van der Waals surface area contributed by atoms with Gasteiger partial charge in [0.2, 0.25) is 0 Å². The van der Waals surface area contributed by atoms with E-state index in [9.17, 15) is 0 Å². The van der Waals surface area contributed by atoms with Crippen LogP contribution in [0.15, 0.2) is 34.8 Å². The highest BCUT2D eigenvalue weighted by Crippen LogP contribution is 2.45. The maximum Gasteiger partial charge on any atom is 0.0489 e. The number of hydrogen-bond donors (Lipinski definition) is 1. The molecule has 4 atom stereocenters. The number of halogens is 1. The lowest BCUT2D eigenvalue weighted by molar-refractivity contribution is 0.400. The summed E-state index contributed by atoms with van der Waals surface area (Å²) in [4.78, 5) is 0. The number of aryl methyl sites for hydroxylation is 1. The Hall–Kier alpha value is -0.760. The summed E-state index contributed by atoms with van der Waals surface area (Å²) < 4.78 is 1.17. The molecule has 96 valence electrons. The summed E-state index contributed by atoms with van der Waals surface area (Å²) in [5, 5.41) is 3.70. The third kappa shape index (κ3) is 2.23. The zero-order valence-corrected chi connectivity index (χ0v) is 12.6. The molecule has 1 fully saturated rings. The van der Waals surface area contributed by atoms with Crippen LogP contribution in [-0.2, 0) is 0 Å². The van der Waals surface area contributed by atoms with Crippen LogP contribution < -0.4 is 5.32 Å². The summed E-state index contributed by atoms with van der Waals surface area (Å²) >= 11 is 3.63. The molecule has 0 saturated heterocycles.